The molecule has 0 atom stereocenters. The average Bonchev–Trinajstić information content (AvgIpc) is 2.79. The van der Waals surface area contributed by atoms with Gasteiger partial charge < -0.3 is 16.3 Å². The summed E-state index contributed by atoms with van der Waals surface area (Å²) < 4.78 is 0.949. The highest BCUT2D eigenvalue weighted by Crippen LogP contribution is 2.27. The number of nitrogens with zero attached hydrogens (tertiary/aromatic N) is 1. The van der Waals surface area contributed by atoms with E-state index in [1.54, 1.807) is 24.3 Å². The summed E-state index contributed by atoms with van der Waals surface area (Å²) in [5.74, 6) is -0.138. The Balaban J connectivity index is 2.12. The van der Waals surface area contributed by atoms with Crippen molar-refractivity contribution in [2.45, 2.75) is 6.92 Å². The van der Waals surface area contributed by atoms with Crippen LogP contribution < -0.4 is 11.1 Å². The van der Waals surface area contributed by atoms with Crippen LogP contribution in [0.15, 0.2) is 39.3 Å². The fourth-order valence-corrected chi connectivity index (χ4v) is 2.98. The molecule has 1 aromatic carbocycles. The molecule has 0 aliphatic heterocycles. The monoisotopic (exact) mass is 353 g/mol. The second-order valence-electron chi connectivity index (χ2n) is 4.08. The van der Waals surface area contributed by atoms with Gasteiger partial charge in [0.05, 0.1) is 8.66 Å². The smallest absolute Gasteiger partial charge is 0.265 e. The van der Waals surface area contributed by atoms with Gasteiger partial charge in [-0.05, 0) is 58.7 Å². The highest BCUT2D eigenvalue weighted by atomic mass is 79.9. The summed E-state index contributed by atoms with van der Waals surface area (Å²) in [5.41, 5.74) is 7.72. The molecule has 104 valence electrons. The lowest BCUT2D eigenvalue weighted by Crippen LogP contribution is -2.13. The molecular weight excluding hydrogens is 342 g/mol. The first kappa shape index (κ1) is 14.5. The second-order valence-corrected chi connectivity index (χ2v) is 6.45. The summed E-state index contributed by atoms with van der Waals surface area (Å²) in [4.78, 5) is 12.7. The normalized spacial score (nSPS) is 11.4. The van der Waals surface area contributed by atoms with E-state index < -0.39 is 0 Å². The fourth-order valence-electron chi connectivity index (χ4n) is 1.55. The number of halogens is 1. The van der Waals surface area contributed by atoms with Gasteiger partial charge in [0.25, 0.3) is 5.91 Å². The molecule has 20 heavy (non-hydrogen) atoms. The maximum Gasteiger partial charge on any atom is 0.265 e. The summed E-state index contributed by atoms with van der Waals surface area (Å²) in [7, 11) is 0. The number of hydrogen-bond acceptors (Lipinski definition) is 4. The standard InChI is InChI=1S/C13H12BrN3O2S/c1-7-6-10(20-11(7)14)13(18)16-9-4-2-8(3-5-9)12(15)17-19/h2-6,19H,1H3,(H2,15,17)(H,16,18). The number of thiophene rings is 1. The molecule has 2 rings (SSSR count). The number of carbonyl (C=O) groups excluding carboxylic acids is 1. The van der Waals surface area contributed by atoms with Crippen molar-refractivity contribution in [3.8, 4) is 0 Å². The van der Waals surface area contributed by atoms with Gasteiger partial charge in [-0.3, -0.25) is 4.79 Å². The van der Waals surface area contributed by atoms with Crippen LogP contribution in [0.5, 0.6) is 0 Å². The minimum absolute atomic E-state index is 0.0284. The first-order chi connectivity index (χ1) is 9.51. The Morgan fingerprint density at radius 3 is 2.55 bits per heavy atom. The molecule has 0 aliphatic carbocycles. The van der Waals surface area contributed by atoms with E-state index >= 15 is 0 Å². The number of carbonyl (C=O) groups is 1. The summed E-state index contributed by atoms with van der Waals surface area (Å²) in [6.07, 6.45) is 0. The molecule has 4 N–H and O–H groups in total. The van der Waals surface area contributed by atoms with E-state index in [0.29, 0.717) is 16.1 Å². The Hall–Kier alpha value is -1.86. The van der Waals surface area contributed by atoms with Crippen molar-refractivity contribution < 1.29 is 10.0 Å². The predicted molar refractivity (Wildman–Crippen MR) is 83.7 cm³/mol. The van der Waals surface area contributed by atoms with Gasteiger partial charge in [0.15, 0.2) is 5.84 Å². The van der Waals surface area contributed by atoms with Crippen molar-refractivity contribution in [3.63, 3.8) is 0 Å². The third kappa shape index (κ3) is 3.17. The van der Waals surface area contributed by atoms with E-state index in [9.17, 15) is 4.79 Å². The third-order valence-electron chi connectivity index (χ3n) is 2.63. The Kier molecular flexibility index (Phi) is 4.41. The number of hydrogen-bond donors (Lipinski definition) is 3. The number of nitrogens with two attached hydrogens (primary N) is 1. The molecule has 0 spiro atoms. The molecule has 7 heteroatoms. The quantitative estimate of drug-likeness (QED) is 0.342. The molecule has 0 radical (unpaired) electrons. The van der Waals surface area contributed by atoms with Crippen LogP contribution in [-0.2, 0) is 0 Å². The summed E-state index contributed by atoms with van der Waals surface area (Å²) in [6.45, 7) is 1.93. The van der Waals surface area contributed by atoms with Gasteiger partial charge >= 0.3 is 0 Å². The molecule has 0 bridgehead atoms. The third-order valence-corrected chi connectivity index (χ3v) is 4.76. The lowest BCUT2D eigenvalue weighted by molar-refractivity contribution is 0.103. The van der Waals surface area contributed by atoms with Crippen LogP contribution in [0.1, 0.15) is 20.8 Å². The molecule has 1 heterocycles. The molecule has 0 unspecified atom stereocenters. The van der Waals surface area contributed by atoms with E-state index in [1.165, 1.54) is 11.3 Å². The number of amidine groups is 1. The summed E-state index contributed by atoms with van der Waals surface area (Å²) >= 11 is 4.78. The molecule has 0 saturated heterocycles. The number of rotatable bonds is 3. The van der Waals surface area contributed by atoms with E-state index in [0.717, 1.165) is 9.35 Å². The summed E-state index contributed by atoms with van der Waals surface area (Å²) in [5, 5.41) is 14.3. The summed E-state index contributed by atoms with van der Waals surface area (Å²) in [6, 6.07) is 8.55. The lowest BCUT2D eigenvalue weighted by atomic mass is 10.2. The number of nitrogens with one attached hydrogen (secondary N) is 1. The first-order valence-corrected chi connectivity index (χ1v) is 7.27. The molecule has 0 aliphatic rings. The van der Waals surface area contributed by atoms with E-state index in [-0.39, 0.29) is 11.7 Å². The van der Waals surface area contributed by atoms with E-state index in [1.807, 2.05) is 13.0 Å². The van der Waals surface area contributed by atoms with Crippen LogP contribution in [0.2, 0.25) is 0 Å². The Labute approximate surface area is 128 Å². The number of oxime groups is 1. The van der Waals surface area contributed by atoms with Gasteiger partial charge in [-0.2, -0.15) is 0 Å². The number of amides is 1. The van der Waals surface area contributed by atoms with Crippen molar-refractivity contribution >= 4 is 44.7 Å². The van der Waals surface area contributed by atoms with Crippen LogP contribution in [-0.4, -0.2) is 17.0 Å². The van der Waals surface area contributed by atoms with Crippen molar-refractivity contribution in [1.82, 2.24) is 0 Å². The largest absolute Gasteiger partial charge is 0.409 e. The number of benzene rings is 1. The van der Waals surface area contributed by atoms with Crippen molar-refractivity contribution in [3.05, 3.63) is 50.1 Å². The molecular formula is C13H12BrN3O2S. The SMILES string of the molecule is Cc1cc(C(=O)Nc2ccc(/C(N)=N/O)cc2)sc1Br. The maximum atomic E-state index is 12.0. The van der Waals surface area contributed by atoms with Crippen molar-refractivity contribution in [2.24, 2.45) is 10.9 Å². The van der Waals surface area contributed by atoms with Gasteiger partial charge in [0.2, 0.25) is 0 Å². The molecule has 2 aromatic rings. The highest BCUT2D eigenvalue weighted by Gasteiger charge is 2.11. The molecule has 0 saturated carbocycles. The minimum atomic E-state index is -0.166. The minimum Gasteiger partial charge on any atom is -0.409 e. The predicted octanol–water partition coefficient (Wildman–Crippen LogP) is 3.17. The maximum absolute atomic E-state index is 12.0. The first-order valence-electron chi connectivity index (χ1n) is 5.66. The van der Waals surface area contributed by atoms with Crippen LogP contribution in [0.3, 0.4) is 0 Å². The van der Waals surface area contributed by atoms with E-state index in [4.69, 9.17) is 10.9 Å². The van der Waals surface area contributed by atoms with Crippen molar-refractivity contribution in [2.75, 3.05) is 5.32 Å². The molecule has 5 nitrogen and oxygen atoms in total. The van der Waals surface area contributed by atoms with Crippen LogP contribution >= 0.6 is 27.3 Å². The number of anilines is 1. The fraction of sp³-hybridized carbons (Fsp3) is 0.0769. The average molecular weight is 354 g/mol. The zero-order valence-electron chi connectivity index (χ0n) is 10.6. The van der Waals surface area contributed by atoms with Crippen LogP contribution in [0.4, 0.5) is 5.69 Å². The Morgan fingerprint density at radius 2 is 2.05 bits per heavy atom. The lowest BCUT2D eigenvalue weighted by Gasteiger charge is -2.04. The van der Waals surface area contributed by atoms with Crippen LogP contribution in [0, 0.1) is 6.92 Å². The Morgan fingerprint density at radius 1 is 1.40 bits per heavy atom. The van der Waals surface area contributed by atoms with Gasteiger partial charge in [0, 0.05) is 11.3 Å². The second kappa shape index (κ2) is 6.06. The van der Waals surface area contributed by atoms with Gasteiger partial charge in [-0.1, -0.05) is 5.16 Å². The topological polar surface area (TPSA) is 87.7 Å². The van der Waals surface area contributed by atoms with Gasteiger partial charge in [-0.25, -0.2) is 0 Å². The molecule has 1 amide bonds. The molecule has 1 aromatic heterocycles. The van der Waals surface area contributed by atoms with Crippen LogP contribution in [0.25, 0.3) is 0 Å². The van der Waals surface area contributed by atoms with Crippen molar-refractivity contribution in [1.29, 1.82) is 0 Å². The highest BCUT2D eigenvalue weighted by molar-refractivity contribution is 9.11. The zero-order chi connectivity index (χ0) is 14.7. The van der Waals surface area contributed by atoms with Gasteiger partial charge in [-0.15, -0.1) is 11.3 Å². The van der Waals surface area contributed by atoms with Gasteiger partial charge in [0.1, 0.15) is 0 Å². The molecule has 0 fully saturated rings. The number of aryl methyl sites for hydroxylation is 1. The Bertz CT molecular complexity index is 645. The zero-order valence-corrected chi connectivity index (χ0v) is 13.0. The van der Waals surface area contributed by atoms with E-state index in [2.05, 4.69) is 26.4 Å².